The number of hydrogen-bond acceptors (Lipinski definition) is 3. The molecule has 3 fully saturated rings. The lowest BCUT2D eigenvalue weighted by atomic mass is 9.80. The summed E-state index contributed by atoms with van der Waals surface area (Å²) in [4.78, 5) is 28.8. The quantitative estimate of drug-likeness (QED) is 0.776. The van der Waals surface area contributed by atoms with Gasteiger partial charge in [0.2, 0.25) is 11.8 Å². The van der Waals surface area contributed by atoms with Crippen LogP contribution in [-0.4, -0.2) is 61.5 Å². The van der Waals surface area contributed by atoms with Crippen molar-refractivity contribution >= 4 is 11.8 Å². The summed E-state index contributed by atoms with van der Waals surface area (Å²) in [6, 6.07) is 0. The van der Waals surface area contributed by atoms with Crippen LogP contribution in [0.5, 0.6) is 0 Å². The van der Waals surface area contributed by atoms with Crippen molar-refractivity contribution < 1.29 is 14.3 Å². The minimum absolute atomic E-state index is 0.0492. The van der Waals surface area contributed by atoms with Gasteiger partial charge in [-0.3, -0.25) is 9.59 Å². The van der Waals surface area contributed by atoms with Gasteiger partial charge in [-0.15, -0.1) is 0 Å². The predicted octanol–water partition coefficient (Wildman–Crippen LogP) is 2.15. The number of carbonyl (C=O) groups is 2. The molecule has 3 aliphatic rings. The molecule has 136 valence electrons. The van der Waals surface area contributed by atoms with E-state index in [4.69, 9.17) is 4.74 Å². The highest BCUT2D eigenvalue weighted by Crippen LogP contribution is 2.34. The molecule has 0 spiro atoms. The molecule has 0 aromatic carbocycles. The second kappa shape index (κ2) is 7.42. The third-order valence-corrected chi connectivity index (χ3v) is 6.23. The number of carbonyl (C=O) groups excluding carboxylic acids is 2. The Hall–Kier alpha value is -1.10. The van der Waals surface area contributed by atoms with Crippen LogP contribution in [-0.2, 0) is 14.3 Å². The highest BCUT2D eigenvalue weighted by atomic mass is 16.5. The highest BCUT2D eigenvalue weighted by molar-refractivity contribution is 5.79. The minimum Gasteiger partial charge on any atom is -0.377 e. The number of amides is 2. The first-order valence-corrected chi connectivity index (χ1v) is 9.57. The van der Waals surface area contributed by atoms with E-state index in [2.05, 4.69) is 11.8 Å². The van der Waals surface area contributed by atoms with Crippen molar-refractivity contribution in [2.75, 3.05) is 33.8 Å². The van der Waals surface area contributed by atoms with Crippen molar-refractivity contribution in [1.82, 2.24) is 9.80 Å². The topological polar surface area (TPSA) is 49.9 Å². The number of hydrogen-bond donors (Lipinski definition) is 0. The molecular weight excluding hydrogens is 304 g/mol. The van der Waals surface area contributed by atoms with Crippen LogP contribution < -0.4 is 0 Å². The molecule has 0 aromatic heterocycles. The van der Waals surface area contributed by atoms with Crippen molar-refractivity contribution in [1.29, 1.82) is 0 Å². The number of piperidine rings is 1. The van der Waals surface area contributed by atoms with Crippen LogP contribution in [0.1, 0.15) is 45.4 Å². The van der Waals surface area contributed by atoms with Crippen LogP contribution in [0.4, 0.5) is 0 Å². The van der Waals surface area contributed by atoms with E-state index in [0.717, 1.165) is 44.7 Å². The summed E-state index contributed by atoms with van der Waals surface area (Å²) in [7, 11) is 3.60. The van der Waals surface area contributed by atoms with Gasteiger partial charge in [0, 0.05) is 39.0 Å². The first kappa shape index (κ1) is 17.7. The van der Waals surface area contributed by atoms with Crippen LogP contribution in [0.3, 0.4) is 0 Å². The molecule has 0 radical (unpaired) electrons. The van der Waals surface area contributed by atoms with Gasteiger partial charge < -0.3 is 14.5 Å². The van der Waals surface area contributed by atoms with Gasteiger partial charge in [-0.2, -0.15) is 0 Å². The third-order valence-electron chi connectivity index (χ3n) is 6.23. The van der Waals surface area contributed by atoms with E-state index < -0.39 is 0 Å². The molecule has 0 unspecified atom stereocenters. The zero-order chi connectivity index (χ0) is 17.3. The fourth-order valence-corrected chi connectivity index (χ4v) is 4.63. The largest absolute Gasteiger partial charge is 0.377 e. The van der Waals surface area contributed by atoms with Crippen LogP contribution in [0.15, 0.2) is 0 Å². The maximum atomic E-state index is 12.9. The van der Waals surface area contributed by atoms with Crippen molar-refractivity contribution in [2.45, 2.75) is 51.6 Å². The maximum absolute atomic E-state index is 12.9. The fourth-order valence-electron chi connectivity index (χ4n) is 4.63. The summed E-state index contributed by atoms with van der Waals surface area (Å²) in [6.07, 6.45) is 6.45. The van der Waals surface area contributed by atoms with E-state index in [9.17, 15) is 9.59 Å². The predicted molar refractivity (Wildman–Crippen MR) is 92.4 cm³/mol. The van der Waals surface area contributed by atoms with E-state index in [0.29, 0.717) is 18.4 Å². The average molecular weight is 336 g/mol. The molecule has 2 saturated heterocycles. The Balaban J connectivity index is 1.57. The molecule has 1 aliphatic carbocycles. The van der Waals surface area contributed by atoms with E-state index >= 15 is 0 Å². The molecule has 5 nitrogen and oxygen atoms in total. The van der Waals surface area contributed by atoms with Gasteiger partial charge >= 0.3 is 0 Å². The Labute approximate surface area is 145 Å². The molecular formula is C19H32N2O3. The number of ether oxygens (including phenoxy) is 1. The minimum atomic E-state index is -0.0492. The smallest absolute Gasteiger partial charge is 0.227 e. The summed E-state index contributed by atoms with van der Waals surface area (Å²) in [5.74, 6) is 1.75. The van der Waals surface area contributed by atoms with Crippen LogP contribution in [0.25, 0.3) is 0 Å². The molecule has 5 heteroatoms. The lowest BCUT2D eigenvalue weighted by molar-refractivity contribution is -0.152. The third kappa shape index (κ3) is 3.76. The van der Waals surface area contributed by atoms with Crippen molar-refractivity contribution in [2.24, 2.45) is 23.7 Å². The van der Waals surface area contributed by atoms with E-state index in [1.807, 2.05) is 0 Å². The van der Waals surface area contributed by atoms with Gasteiger partial charge in [-0.1, -0.05) is 6.92 Å². The molecule has 0 bridgehead atoms. The summed E-state index contributed by atoms with van der Waals surface area (Å²) < 4.78 is 5.97. The molecule has 0 N–H and O–H groups in total. The van der Waals surface area contributed by atoms with Crippen LogP contribution in [0.2, 0.25) is 0 Å². The summed E-state index contributed by atoms with van der Waals surface area (Å²) in [6.45, 7) is 4.41. The molecule has 24 heavy (non-hydrogen) atoms. The molecule has 3 rings (SSSR count). The monoisotopic (exact) mass is 336 g/mol. The highest BCUT2D eigenvalue weighted by Gasteiger charge is 2.40. The SMILES string of the molecule is CC1CCC(C(=O)N2CC[C@H]3OC[C@@H](C(=O)N(C)C)C[C@H]3C2)CC1. The van der Waals surface area contributed by atoms with E-state index in [1.165, 1.54) is 12.8 Å². The van der Waals surface area contributed by atoms with Crippen LogP contribution in [0, 0.1) is 23.7 Å². The van der Waals surface area contributed by atoms with Gasteiger partial charge in [-0.05, 0) is 44.4 Å². The Morgan fingerprint density at radius 2 is 1.75 bits per heavy atom. The molecule has 2 heterocycles. The Morgan fingerprint density at radius 1 is 1.04 bits per heavy atom. The normalized spacial score (nSPS) is 36.8. The number of nitrogens with zero attached hydrogens (tertiary/aromatic N) is 2. The van der Waals surface area contributed by atoms with Crippen molar-refractivity contribution in [3.05, 3.63) is 0 Å². The number of rotatable bonds is 2. The zero-order valence-electron chi connectivity index (χ0n) is 15.4. The Morgan fingerprint density at radius 3 is 2.42 bits per heavy atom. The number of fused-ring (bicyclic) bond motifs is 1. The molecule has 2 amide bonds. The fraction of sp³-hybridized carbons (Fsp3) is 0.895. The van der Waals surface area contributed by atoms with Gasteiger partial charge in [0.05, 0.1) is 18.6 Å². The summed E-state index contributed by atoms with van der Waals surface area (Å²) in [5.41, 5.74) is 0. The van der Waals surface area contributed by atoms with E-state index in [-0.39, 0.29) is 23.8 Å². The maximum Gasteiger partial charge on any atom is 0.227 e. The average Bonchev–Trinajstić information content (AvgIpc) is 2.60. The van der Waals surface area contributed by atoms with E-state index in [1.54, 1.807) is 19.0 Å². The second-order valence-corrected chi connectivity index (χ2v) is 8.33. The first-order valence-electron chi connectivity index (χ1n) is 9.57. The Kier molecular flexibility index (Phi) is 5.48. The lowest BCUT2D eigenvalue weighted by Crippen LogP contribution is -2.53. The number of likely N-dealkylation sites (tertiary alicyclic amines) is 1. The molecule has 0 aromatic rings. The zero-order valence-corrected chi connectivity index (χ0v) is 15.4. The van der Waals surface area contributed by atoms with Crippen molar-refractivity contribution in [3.8, 4) is 0 Å². The first-order chi connectivity index (χ1) is 11.5. The molecule has 1 saturated carbocycles. The van der Waals surface area contributed by atoms with Gasteiger partial charge in [0.25, 0.3) is 0 Å². The summed E-state index contributed by atoms with van der Waals surface area (Å²) >= 11 is 0. The second-order valence-electron chi connectivity index (χ2n) is 8.33. The van der Waals surface area contributed by atoms with Crippen molar-refractivity contribution in [3.63, 3.8) is 0 Å². The standard InChI is InChI=1S/C19H32N2O3/c1-13-4-6-14(7-5-13)19(23)21-9-8-17-15(11-21)10-16(12-24-17)18(22)20(2)3/h13-17H,4-12H2,1-3H3/t13?,14?,15-,16-,17+/m0/s1. The lowest BCUT2D eigenvalue weighted by Gasteiger charge is -2.44. The van der Waals surface area contributed by atoms with Gasteiger partial charge in [0.1, 0.15) is 0 Å². The molecule has 2 aliphatic heterocycles. The summed E-state index contributed by atoms with van der Waals surface area (Å²) in [5, 5.41) is 0. The molecule has 3 atom stereocenters. The van der Waals surface area contributed by atoms with Crippen LogP contribution >= 0.6 is 0 Å². The van der Waals surface area contributed by atoms with Gasteiger partial charge in [0.15, 0.2) is 0 Å². The Bertz CT molecular complexity index is 471. The van der Waals surface area contributed by atoms with Gasteiger partial charge in [-0.25, -0.2) is 0 Å².